The van der Waals surface area contributed by atoms with E-state index >= 15 is 0 Å². The van der Waals surface area contributed by atoms with Crippen LogP contribution < -0.4 is 5.73 Å². The van der Waals surface area contributed by atoms with E-state index in [1.165, 1.54) is 0 Å². The summed E-state index contributed by atoms with van der Waals surface area (Å²) in [5.41, 5.74) is 7.18. The molecule has 0 bridgehead atoms. The first-order valence-corrected chi connectivity index (χ1v) is 7.65. The lowest BCUT2D eigenvalue weighted by molar-refractivity contribution is -0.140. The number of rotatable bonds is 4. The molecular weight excluding hydrogens is 276 g/mol. The van der Waals surface area contributed by atoms with Crippen molar-refractivity contribution in [1.29, 1.82) is 0 Å². The lowest BCUT2D eigenvalue weighted by Crippen LogP contribution is -2.47. The highest BCUT2D eigenvalue weighted by atomic mass is 32.2. The Bertz CT molecular complexity index is 490. The second-order valence-corrected chi connectivity index (χ2v) is 5.98. The number of carbonyl (C=O) groups is 2. The Morgan fingerprint density at radius 3 is 2.70 bits per heavy atom. The monoisotopic (exact) mass is 294 g/mol. The molecule has 1 saturated heterocycles. The Balaban J connectivity index is 2.01. The van der Waals surface area contributed by atoms with Crippen molar-refractivity contribution in [3.05, 3.63) is 29.8 Å². The molecule has 1 aliphatic rings. The fourth-order valence-electron chi connectivity index (χ4n) is 2.27. The van der Waals surface area contributed by atoms with Crippen LogP contribution in [-0.4, -0.2) is 46.0 Å². The summed E-state index contributed by atoms with van der Waals surface area (Å²) >= 11 is 1.70. The Kier molecular flexibility index (Phi) is 4.89. The van der Waals surface area contributed by atoms with E-state index in [4.69, 9.17) is 10.8 Å². The first kappa shape index (κ1) is 14.7. The number of amides is 1. The highest BCUT2D eigenvalue weighted by molar-refractivity contribution is 7.99. The SMILES string of the molecule is Nc1ccc(CC(=O)N2CCSCC2CC(=O)O)cc1. The fraction of sp³-hybridized carbons (Fsp3) is 0.429. The Morgan fingerprint density at radius 1 is 1.35 bits per heavy atom. The standard InChI is InChI=1S/C14H18N2O3S/c15-11-3-1-10(2-4-11)7-13(17)16-5-6-20-9-12(16)8-14(18)19/h1-4,12H,5-9,15H2,(H,18,19). The molecule has 0 radical (unpaired) electrons. The van der Waals surface area contributed by atoms with Crippen molar-refractivity contribution in [2.75, 3.05) is 23.8 Å². The third-order valence-electron chi connectivity index (χ3n) is 3.29. The van der Waals surface area contributed by atoms with Gasteiger partial charge in [-0.2, -0.15) is 11.8 Å². The van der Waals surface area contributed by atoms with Gasteiger partial charge < -0.3 is 15.7 Å². The molecule has 1 amide bonds. The van der Waals surface area contributed by atoms with Crippen LogP contribution in [0, 0.1) is 0 Å². The Morgan fingerprint density at radius 2 is 2.05 bits per heavy atom. The number of benzene rings is 1. The van der Waals surface area contributed by atoms with E-state index in [1.807, 2.05) is 12.1 Å². The molecule has 1 atom stereocenters. The maximum Gasteiger partial charge on any atom is 0.305 e. The second-order valence-electron chi connectivity index (χ2n) is 4.83. The van der Waals surface area contributed by atoms with Crippen molar-refractivity contribution in [1.82, 2.24) is 4.90 Å². The van der Waals surface area contributed by atoms with E-state index in [0.29, 0.717) is 24.4 Å². The van der Waals surface area contributed by atoms with Crippen molar-refractivity contribution in [3.63, 3.8) is 0 Å². The summed E-state index contributed by atoms with van der Waals surface area (Å²) in [5.74, 6) is 0.688. The molecule has 0 saturated carbocycles. The average Bonchev–Trinajstić information content (AvgIpc) is 2.41. The molecule has 1 unspecified atom stereocenters. The number of thioether (sulfide) groups is 1. The molecule has 1 aliphatic heterocycles. The summed E-state index contributed by atoms with van der Waals surface area (Å²) < 4.78 is 0. The number of hydrogen-bond acceptors (Lipinski definition) is 4. The first-order valence-electron chi connectivity index (χ1n) is 6.49. The lowest BCUT2D eigenvalue weighted by Gasteiger charge is -2.34. The predicted molar refractivity (Wildman–Crippen MR) is 79.6 cm³/mol. The minimum atomic E-state index is -0.859. The summed E-state index contributed by atoms with van der Waals surface area (Å²) in [6.45, 7) is 0.621. The van der Waals surface area contributed by atoms with Crippen molar-refractivity contribution in [2.24, 2.45) is 0 Å². The molecule has 2 rings (SSSR count). The topological polar surface area (TPSA) is 83.6 Å². The molecule has 1 heterocycles. The van der Waals surface area contributed by atoms with Crippen LogP contribution >= 0.6 is 11.8 Å². The Hall–Kier alpha value is -1.69. The van der Waals surface area contributed by atoms with Crippen LogP contribution in [0.15, 0.2) is 24.3 Å². The van der Waals surface area contributed by atoms with Crippen LogP contribution in [0.25, 0.3) is 0 Å². The smallest absolute Gasteiger partial charge is 0.305 e. The molecule has 6 heteroatoms. The molecule has 1 fully saturated rings. The zero-order chi connectivity index (χ0) is 14.5. The molecule has 5 nitrogen and oxygen atoms in total. The number of anilines is 1. The van der Waals surface area contributed by atoms with Gasteiger partial charge in [0.15, 0.2) is 0 Å². The average molecular weight is 294 g/mol. The highest BCUT2D eigenvalue weighted by Gasteiger charge is 2.28. The molecule has 20 heavy (non-hydrogen) atoms. The largest absolute Gasteiger partial charge is 0.481 e. The first-order chi connectivity index (χ1) is 9.56. The molecule has 108 valence electrons. The van der Waals surface area contributed by atoms with E-state index in [9.17, 15) is 9.59 Å². The van der Waals surface area contributed by atoms with Gasteiger partial charge in [-0.05, 0) is 17.7 Å². The van der Waals surface area contributed by atoms with E-state index < -0.39 is 5.97 Å². The van der Waals surface area contributed by atoms with Crippen LogP contribution in [0.5, 0.6) is 0 Å². The highest BCUT2D eigenvalue weighted by Crippen LogP contribution is 2.20. The Labute approximate surface area is 122 Å². The third-order valence-corrected chi connectivity index (χ3v) is 4.38. The third kappa shape index (κ3) is 3.90. The molecular formula is C14H18N2O3S. The molecule has 0 aliphatic carbocycles. The minimum absolute atomic E-state index is 0.0127. The van der Waals surface area contributed by atoms with Gasteiger partial charge in [0.1, 0.15) is 0 Å². The maximum atomic E-state index is 12.3. The number of carboxylic acids is 1. The van der Waals surface area contributed by atoms with E-state index in [-0.39, 0.29) is 18.4 Å². The summed E-state index contributed by atoms with van der Waals surface area (Å²) in [6, 6.07) is 7.00. The molecule has 0 aromatic heterocycles. The number of nitrogens with two attached hydrogens (primary N) is 1. The second kappa shape index (κ2) is 6.65. The number of aliphatic carboxylic acids is 1. The van der Waals surface area contributed by atoms with Gasteiger partial charge in [0.05, 0.1) is 18.9 Å². The van der Waals surface area contributed by atoms with Gasteiger partial charge in [0.25, 0.3) is 0 Å². The molecule has 3 N–H and O–H groups in total. The van der Waals surface area contributed by atoms with Gasteiger partial charge in [0, 0.05) is 23.7 Å². The van der Waals surface area contributed by atoms with Crippen LogP contribution in [-0.2, 0) is 16.0 Å². The van der Waals surface area contributed by atoms with Crippen LogP contribution in [0.1, 0.15) is 12.0 Å². The lowest BCUT2D eigenvalue weighted by atomic mass is 10.1. The van der Waals surface area contributed by atoms with Gasteiger partial charge in [-0.3, -0.25) is 9.59 Å². The summed E-state index contributed by atoms with van der Waals surface area (Å²) in [7, 11) is 0. The van der Waals surface area contributed by atoms with E-state index in [1.54, 1.807) is 28.8 Å². The summed E-state index contributed by atoms with van der Waals surface area (Å²) in [4.78, 5) is 24.9. The van der Waals surface area contributed by atoms with Gasteiger partial charge in [-0.15, -0.1) is 0 Å². The predicted octanol–water partition coefficient (Wildman–Crippen LogP) is 1.23. The quantitative estimate of drug-likeness (QED) is 0.816. The van der Waals surface area contributed by atoms with Crippen LogP contribution in [0.4, 0.5) is 5.69 Å². The number of carboxylic acid groups (broad SMARTS) is 1. The summed E-state index contributed by atoms with van der Waals surface area (Å²) in [6.07, 6.45) is 0.307. The normalized spacial score (nSPS) is 18.8. The number of nitrogen functional groups attached to an aromatic ring is 1. The van der Waals surface area contributed by atoms with Crippen LogP contribution in [0.3, 0.4) is 0 Å². The van der Waals surface area contributed by atoms with Gasteiger partial charge in [-0.1, -0.05) is 12.1 Å². The summed E-state index contributed by atoms with van der Waals surface area (Å²) in [5, 5.41) is 8.92. The van der Waals surface area contributed by atoms with Gasteiger partial charge in [-0.25, -0.2) is 0 Å². The zero-order valence-electron chi connectivity index (χ0n) is 11.1. The number of carbonyl (C=O) groups excluding carboxylic acids is 1. The van der Waals surface area contributed by atoms with Crippen molar-refractivity contribution >= 4 is 29.3 Å². The fourth-order valence-corrected chi connectivity index (χ4v) is 3.33. The number of hydrogen-bond donors (Lipinski definition) is 2. The molecule has 0 spiro atoms. The van der Waals surface area contributed by atoms with Crippen molar-refractivity contribution in [2.45, 2.75) is 18.9 Å². The maximum absolute atomic E-state index is 12.3. The van der Waals surface area contributed by atoms with Gasteiger partial charge in [0.2, 0.25) is 5.91 Å². The zero-order valence-corrected chi connectivity index (χ0v) is 11.9. The number of nitrogens with zero attached hydrogens (tertiary/aromatic N) is 1. The van der Waals surface area contributed by atoms with Crippen LogP contribution in [0.2, 0.25) is 0 Å². The van der Waals surface area contributed by atoms with E-state index in [0.717, 1.165) is 11.3 Å². The molecule has 1 aromatic carbocycles. The van der Waals surface area contributed by atoms with Crippen molar-refractivity contribution < 1.29 is 14.7 Å². The van der Waals surface area contributed by atoms with Gasteiger partial charge >= 0.3 is 5.97 Å². The molecule has 1 aromatic rings. The van der Waals surface area contributed by atoms with E-state index in [2.05, 4.69) is 0 Å². The minimum Gasteiger partial charge on any atom is -0.481 e. The van der Waals surface area contributed by atoms with Crippen molar-refractivity contribution in [3.8, 4) is 0 Å².